The number of nitrogens with one attached hydrogen (secondary N) is 2. The van der Waals surface area contributed by atoms with E-state index in [0.29, 0.717) is 0 Å². The van der Waals surface area contributed by atoms with Crippen LogP contribution < -0.4 is 15.0 Å². The highest BCUT2D eigenvalue weighted by molar-refractivity contribution is 7.89. The normalized spacial score (nSPS) is 11.1. The molecule has 2 aromatic carbocycles. The van der Waals surface area contributed by atoms with Crippen molar-refractivity contribution in [1.82, 2.24) is 10.3 Å². The van der Waals surface area contributed by atoms with Gasteiger partial charge in [-0.3, -0.25) is 10.2 Å². The third-order valence-electron chi connectivity index (χ3n) is 3.29. The van der Waals surface area contributed by atoms with E-state index in [1.165, 1.54) is 30.3 Å². The van der Waals surface area contributed by atoms with Crippen LogP contribution in [0.5, 0.6) is 5.75 Å². The fourth-order valence-corrected chi connectivity index (χ4v) is 2.91. The summed E-state index contributed by atoms with van der Waals surface area (Å²) in [5, 5.41) is 0. The number of rotatable bonds is 8. The molecule has 0 radical (unpaired) electrons. The maximum Gasteiger partial charge on any atom is 0.272 e. The molecule has 6 nitrogen and oxygen atoms in total. The second-order valence-corrected chi connectivity index (χ2v) is 6.95. The Morgan fingerprint density at radius 1 is 1.12 bits per heavy atom. The Morgan fingerprint density at radius 3 is 2.44 bits per heavy atom. The van der Waals surface area contributed by atoms with Gasteiger partial charge >= 0.3 is 0 Å². The Hall–Kier alpha value is -2.45. The standard InChI is InChI=1S/C17H19FN2O4S/c1-2-5-13-8-10-14(11-9-13)25(22,23)20-19-17(21)12-24-16-7-4-3-6-15(16)18/h3-4,6-11,20H,2,5,12H2,1H3,(H,19,21). The number of aryl methyl sites for hydroxylation is 1. The average Bonchev–Trinajstić information content (AvgIpc) is 2.60. The van der Waals surface area contributed by atoms with E-state index in [1.54, 1.807) is 18.2 Å². The van der Waals surface area contributed by atoms with E-state index < -0.39 is 28.4 Å². The number of amides is 1. The Bertz CT molecular complexity index is 823. The number of sulfonamides is 1. The predicted octanol–water partition coefficient (Wildman–Crippen LogP) is 2.17. The first kappa shape index (κ1) is 18.9. The molecule has 0 aromatic heterocycles. The zero-order valence-corrected chi connectivity index (χ0v) is 14.5. The molecule has 0 saturated carbocycles. The van der Waals surface area contributed by atoms with Gasteiger partial charge in [0.1, 0.15) is 0 Å². The van der Waals surface area contributed by atoms with E-state index in [9.17, 15) is 17.6 Å². The van der Waals surface area contributed by atoms with Crippen LogP contribution in [0.1, 0.15) is 18.9 Å². The lowest BCUT2D eigenvalue weighted by Crippen LogP contribution is -2.43. The number of para-hydroxylation sites is 1. The number of hydrogen-bond donors (Lipinski definition) is 2. The summed E-state index contributed by atoms with van der Waals surface area (Å²) in [6.45, 7) is 1.50. The summed E-state index contributed by atoms with van der Waals surface area (Å²) in [5.74, 6) is -1.45. The van der Waals surface area contributed by atoms with Gasteiger partial charge in [0, 0.05) is 0 Å². The summed E-state index contributed by atoms with van der Waals surface area (Å²) in [6, 6.07) is 12.0. The highest BCUT2D eigenvalue weighted by atomic mass is 32.2. The third kappa shape index (κ3) is 5.54. The monoisotopic (exact) mass is 366 g/mol. The van der Waals surface area contributed by atoms with E-state index in [4.69, 9.17) is 4.74 Å². The first-order chi connectivity index (χ1) is 11.9. The van der Waals surface area contributed by atoms with Gasteiger partial charge in [-0.15, -0.1) is 4.83 Å². The smallest absolute Gasteiger partial charge is 0.272 e. The maximum absolute atomic E-state index is 13.4. The molecule has 0 aliphatic rings. The number of ether oxygens (including phenoxy) is 1. The van der Waals surface area contributed by atoms with Gasteiger partial charge in [0.05, 0.1) is 4.90 Å². The minimum absolute atomic E-state index is 0.0303. The molecule has 0 saturated heterocycles. The predicted molar refractivity (Wildman–Crippen MR) is 90.8 cm³/mol. The molecular weight excluding hydrogens is 347 g/mol. The first-order valence-electron chi connectivity index (χ1n) is 7.69. The molecule has 0 unspecified atom stereocenters. The van der Waals surface area contributed by atoms with Gasteiger partial charge in [-0.1, -0.05) is 37.6 Å². The SMILES string of the molecule is CCCc1ccc(S(=O)(=O)NNC(=O)COc2ccccc2F)cc1. The lowest BCUT2D eigenvalue weighted by Gasteiger charge is -2.10. The number of carbonyl (C=O) groups excluding carboxylic acids is 1. The van der Waals surface area contributed by atoms with Crippen LogP contribution >= 0.6 is 0 Å². The van der Waals surface area contributed by atoms with E-state index in [2.05, 4.69) is 0 Å². The van der Waals surface area contributed by atoms with Crippen LogP contribution in [0.2, 0.25) is 0 Å². The quantitative estimate of drug-likeness (QED) is 0.701. The Kier molecular flexibility index (Phi) is 6.49. The molecule has 1 amide bonds. The zero-order valence-electron chi connectivity index (χ0n) is 13.7. The van der Waals surface area contributed by atoms with E-state index in [-0.39, 0.29) is 10.6 Å². The molecule has 0 heterocycles. The number of hydrogen-bond acceptors (Lipinski definition) is 4. The molecule has 0 spiro atoms. The second-order valence-electron chi connectivity index (χ2n) is 5.27. The lowest BCUT2D eigenvalue weighted by molar-refractivity contribution is -0.123. The summed E-state index contributed by atoms with van der Waals surface area (Å²) in [6.07, 6.45) is 1.82. The van der Waals surface area contributed by atoms with Crippen LogP contribution in [0.3, 0.4) is 0 Å². The summed E-state index contributed by atoms with van der Waals surface area (Å²) < 4.78 is 42.6. The Labute approximate surface area is 146 Å². The second kappa shape index (κ2) is 8.59. The summed E-state index contributed by atoms with van der Waals surface area (Å²) in [7, 11) is -3.89. The largest absolute Gasteiger partial charge is 0.481 e. The van der Waals surface area contributed by atoms with Crippen LogP contribution in [0.25, 0.3) is 0 Å². The fraction of sp³-hybridized carbons (Fsp3) is 0.235. The van der Waals surface area contributed by atoms with Crippen LogP contribution in [-0.2, 0) is 21.2 Å². The van der Waals surface area contributed by atoms with Gasteiger partial charge in [0.15, 0.2) is 18.2 Å². The molecule has 0 bridgehead atoms. The molecule has 25 heavy (non-hydrogen) atoms. The molecule has 134 valence electrons. The molecule has 0 aliphatic carbocycles. The van der Waals surface area contributed by atoms with Crippen molar-refractivity contribution < 1.29 is 22.3 Å². The lowest BCUT2D eigenvalue weighted by atomic mass is 10.1. The van der Waals surface area contributed by atoms with Crippen molar-refractivity contribution in [2.45, 2.75) is 24.7 Å². The number of halogens is 1. The van der Waals surface area contributed by atoms with Crippen molar-refractivity contribution in [3.63, 3.8) is 0 Å². The van der Waals surface area contributed by atoms with Gasteiger partial charge in [0.25, 0.3) is 15.9 Å². The van der Waals surface area contributed by atoms with E-state index >= 15 is 0 Å². The van der Waals surface area contributed by atoms with Crippen molar-refractivity contribution >= 4 is 15.9 Å². The maximum atomic E-state index is 13.4. The molecule has 0 atom stereocenters. The molecule has 2 rings (SSSR count). The van der Waals surface area contributed by atoms with Gasteiger partial charge in [0.2, 0.25) is 0 Å². The van der Waals surface area contributed by atoms with Crippen LogP contribution in [0, 0.1) is 5.82 Å². The Morgan fingerprint density at radius 2 is 1.80 bits per heavy atom. The highest BCUT2D eigenvalue weighted by Crippen LogP contribution is 2.15. The van der Waals surface area contributed by atoms with Crippen LogP contribution in [0.15, 0.2) is 53.4 Å². The molecule has 0 fully saturated rings. The van der Waals surface area contributed by atoms with E-state index in [0.717, 1.165) is 18.4 Å². The topological polar surface area (TPSA) is 84.5 Å². The van der Waals surface area contributed by atoms with Crippen molar-refractivity contribution in [3.8, 4) is 5.75 Å². The van der Waals surface area contributed by atoms with Crippen molar-refractivity contribution in [3.05, 3.63) is 59.9 Å². The fourth-order valence-electron chi connectivity index (χ4n) is 2.05. The van der Waals surface area contributed by atoms with Gasteiger partial charge in [-0.25, -0.2) is 12.8 Å². The Balaban J connectivity index is 1.88. The number of carbonyl (C=O) groups is 1. The van der Waals surface area contributed by atoms with Gasteiger partial charge in [-0.2, -0.15) is 0 Å². The molecule has 8 heteroatoms. The van der Waals surface area contributed by atoms with Gasteiger partial charge < -0.3 is 4.74 Å². The van der Waals surface area contributed by atoms with E-state index in [1.807, 2.05) is 17.2 Å². The van der Waals surface area contributed by atoms with Crippen LogP contribution in [-0.4, -0.2) is 20.9 Å². The number of benzene rings is 2. The summed E-state index contributed by atoms with van der Waals surface area (Å²) in [5.41, 5.74) is 3.06. The first-order valence-corrected chi connectivity index (χ1v) is 9.17. The minimum Gasteiger partial charge on any atom is -0.481 e. The zero-order chi connectivity index (χ0) is 18.3. The molecule has 2 aromatic rings. The summed E-state index contributed by atoms with van der Waals surface area (Å²) in [4.78, 5) is 13.7. The van der Waals surface area contributed by atoms with Crippen molar-refractivity contribution in [1.29, 1.82) is 0 Å². The average molecular weight is 366 g/mol. The highest BCUT2D eigenvalue weighted by Gasteiger charge is 2.15. The third-order valence-corrected chi connectivity index (χ3v) is 4.56. The van der Waals surface area contributed by atoms with Crippen molar-refractivity contribution in [2.24, 2.45) is 0 Å². The van der Waals surface area contributed by atoms with Crippen LogP contribution in [0.4, 0.5) is 4.39 Å². The number of hydrazine groups is 1. The summed E-state index contributed by atoms with van der Waals surface area (Å²) >= 11 is 0. The molecule has 2 N–H and O–H groups in total. The van der Waals surface area contributed by atoms with Crippen molar-refractivity contribution in [2.75, 3.05) is 6.61 Å². The van der Waals surface area contributed by atoms with Gasteiger partial charge in [-0.05, 0) is 36.2 Å². The minimum atomic E-state index is -3.89. The molecular formula is C17H19FN2O4S. The molecule has 0 aliphatic heterocycles.